The van der Waals surface area contributed by atoms with Crippen LogP contribution in [0.15, 0.2) is 63.9 Å². The Bertz CT molecular complexity index is 1240. The lowest BCUT2D eigenvalue weighted by atomic mass is 10.1. The van der Waals surface area contributed by atoms with Crippen molar-refractivity contribution in [3.05, 3.63) is 66.4 Å². The topological polar surface area (TPSA) is 110 Å². The molecule has 0 spiro atoms. The molecule has 0 aliphatic rings. The second-order valence-corrected chi connectivity index (χ2v) is 6.90. The molecular formula is C21H17F3N6O3. The van der Waals surface area contributed by atoms with Gasteiger partial charge >= 0.3 is 12.1 Å². The normalized spacial score (nSPS) is 11.4. The Hall–Kier alpha value is -4.22. The molecule has 0 bridgehead atoms. The van der Waals surface area contributed by atoms with Crippen LogP contribution in [0.3, 0.4) is 0 Å². The molecule has 0 atom stereocenters. The van der Waals surface area contributed by atoms with E-state index in [-0.39, 0.29) is 23.5 Å². The highest BCUT2D eigenvalue weighted by Crippen LogP contribution is 2.29. The van der Waals surface area contributed by atoms with Gasteiger partial charge in [0.25, 0.3) is 5.91 Å². The number of carbonyl (C=O) groups excluding carboxylic acids is 1. The van der Waals surface area contributed by atoms with Crippen molar-refractivity contribution in [2.45, 2.75) is 6.18 Å². The fourth-order valence-electron chi connectivity index (χ4n) is 2.86. The van der Waals surface area contributed by atoms with Gasteiger partial charge in [-0.25, -0.2) is 0 Å². The van der Waals surface area contributed by atoms with E-state index >= 15 is 0 Å². The number of hydrogen-bond acceptors (Lipinski definition) is 8. The zero-order chi connectivity index (χ0) is 23.4. The summed E-state index contributed by atoms with van der Waals surface area (Å²) in [4.78, 5) is 26.2. The van der Waals surface area contributed by atoms with Crippen molar-refractivity contribution < 1.29 is 26.9 Å². The number of nitrogens with zero attached hydrogens (tertiary/aromatic N) is 5. The highest BCUT2D eigenvalue weighted by Gasteiger charge is 2.38. The molecule has 4 rings (SSSR count). The Morgan fingerprint density at radius 2 is 2.00 bits per heavy atom. The maximum Gasteiger partial charge on any atom is 0.471 e. The van der Waals surface area contributed by atoms with Gasteiger partial charge in [-0.15, -0.1) is 0 Å². The summed E-state index contributed by atoms with van der Waals surface area (Å²) in [6, 6.07) is 11.3. The van der Waals surface area contributed by atoms with Crippen molar-refractivity contribution in [2.24, 2.45) is 0 Å². The lowest BCUT2D eigenvalue weighted by Crippen LogP contribution is -2.33. The standard InChI is InChI=1S/C21H17F3N6O3/c1-30(16-12-32-19(27-16)15-7-2-3-8-25-15)10-9-26-18(31)14-6-4-5-13(11-14)17-28-20(33-29-17)21(22,23)24/h2-8,11-12H,9-10H2,1H3,(H,26,31). The lowest BCUT2D eigenvalue weighted by Gasteiger charge is -2.15. The molecule has 0 fully saturated rings. The van der Waals surface area contributed by atoms with Crippen LogP contribution in [0, 0.1) is 0 Å². The van der Waals surface area contributed by atoms with E-state index in [0.29, 0.717) is 23.9 Å². The van der Waals surface area contributed by atoms with Gasteiger partial charge in [0.2, 0.25) is 11.7 Å². The van der Waals surface area contributed by atoms with Crippen molar-refractivity contribution >= 4 is 11.7 Å². The summed E-state index contributed by atoms with van der Waals surface area (Å²) in [5.74, 6) is -1.15. The third-order valence-corrected chi connectivity index (χ3v) is 4.55. The molecule has 170 valence electrons. The molecule has 33 heavy (non-hydrogen) atoms. The van der Waals surface area contributed by atoms with E-state index in [1.165, 1.54) is 30.5 Å². The van der Waals surface area contributed by atoms with Gasteiger partial charge in [0.05, 0.1) is 0 Å². The maximum absolute atomic E-state index is 12.7. The van der Waals surface area contributed by atoms with Crippen molar-refractivity contribution in [3.8, 4) is 23.0 Å². The number of alkyl halides is 3. The van der Waals surface area contributed by atoms with Gasteiger partial charge in [-0.1, -0.05) is 23.4 Å². The SMILES string of the molecule is CN(CCNC(=O)c1cccc(-c2noc(C(F)(F)F)n2)c1)c1coc(-c2ccccn2)n1. The second-order valence-electron chi connectivity index (χ2n) is 6.90. The number of hydrogen-bond donors (Lipinski definition) is 1. The first-order chi connectivity index (χ1) is 15.8. The van der Waals surface area contributed by atoms with E-state index in [1.807, 2.05) is 6.07 Å². The van der Waals surface area contributed by atoms with E-state index in [0.717, 1.165) is 0 Å². The molecule has 1 amide bonds. The highest BCUT2D eigenvalue weighted by atomic mass is 19.4. The molecule has 0 unspecified atom stereocenters. The van der Waals surface area contributed by atoms with Crippen LogP contribution in [0.25, 0.3) is 23.0 Å². The van der Waals surface area contributed by atoms with Crippen LogP contribution >= 0.6 is 0 Å². The van der Waals surface area contributed by atoms with Crippen LogP contribution in [-0.2, 0) is 6.18 Å². The van der Waals surface area contributed by atoms with Crippen LogP contribution in [0.2, 0.25) is 0 Å². The van der Waals surface area contributed by atoms with Crippen LogP contribution in [0.4, 0.5) is 19.0 Å². The summed E-state index contributed by atoms with van der Waals surface area (Å²) in [6.07, 6.45) is -1.61. The van der Waals surface area contributed by atoms with Gasteiger partial charge in [-0.3, -0.25) is 9.78 Å². The highest BCUT2D eigenvalue weighted by molar-refractivity contribution is 5.95. The number of anilines is 1. The number of aromatic nitrogens is 4. The molecule has 1 aromatic carbocycles. The molecule has 0 saturated carbocycles. The summed E-state index contributed by atoms with van der Waals surface area (Å²) in [5.41, 5.74) is 1.07. The minimum Gasteiger partial charge on any atom is -0.441 e. The predicted octanol–water partition coefficient (Wildman–Crippen LogP) is 3.67. The number of likely N-dealkylation sites (N-methyl/N-ethyl adjacent to an activating group) is 1. The van der Waals surface area contributed by atoms with E-state index < -0.39 is 18.0 Å². The van der Waals surface area contributed by atoms with Crippen LogP contribution in [-0.4, -0.2) is 46.2 Å². The summed E-state index contributed by atoms with van der Waals surface area (Å²) >= 11 is 0. The van der Waals surface area contributed by atoms with Gasteiger partial charge in [-0.05, 0) is 24.3 Å². The number of nitrogens with one attached hydrogen (secondary N) is 1. The third-order valence-electron chi connectivity index (χ3n) is 4.55. The van der Waals surface area contributed by atoms with Gasteiger partial charge in [0.15, 0.2) is 5.82 Å². The van der Waals surface area contributed by atoms with Crippen LogP contribution < -0.4 is 10.2 Å². The van der Waals surface area contributed by atoms with Gasteiger partial charge < -0.3 is 19.2 Å². The zero-order valence-corrected chi connectivity index (χ0v) is 17.2. The average molecular weight is 458 g/mol. The fraction of sp³-hybridized carbons (Fsp3) is 0.190. The molecule has 0 aliphatic heterocycles. The van der Waals surface area contributed by atoms with E-state index in [2.05, 4.69) is 29.9 Å². The molecule has 1 N–H and O–H groups in total. The first-order valence-corrected chi connectivity index (χ1v) is 9.69. The summed E-state index contributed by atoms with van der Waals surface area (Å²) in [5, 5.41) is 6.08. The number of rotatable bonds is 7. The van der Waals surface area contributed by atoms with Gasteiger partial charge in [-0.2, -0.15) is 23.1 Å². The Labute approximate surface area is 185 Å². The number of pyridine rings is 1. The van der Waals surface area contributed by atoms with Crippen molar-refractivity contribution in [1.82, 2.24) is 25.4 Å². The summed E-state index contributed by atoms with van der Waals surface area (Å²) < 4.78 is 47.7. The Kier molecular flexibility index (Phi) is 6.07. The van der Waals surface area contributed by atoms with Crippen molar-refractivity contribution in [2.75, 3.05) is 25.0 Å². The smallest absolute Gasteiger partial charge is 0.441 e. The Morgan fingerprint density at radius 1 is 1.15 bits per heavy atom. The predicted molar refractivity (Wildman–Crippen MR) is 110 cm³/mol. The first-order valence-electron chi connectivity index (χ1n) is 9.69. The Balaban J connectivity index is 1.34. The lowest BCUT2D eigenvalue weighted by molar-refractivity contribution is -0.159. The van der Waals surface area contributed by atoms with Gasteiger partial charge in [0.1, 0.15) is 12.0 Å². The summed E-state index contributed by atoms with van der Waals surface area (Å²) in [7, 11) is 1.79. The monoisotopic (exact) mass is 458 g/mol. The third kappa shape index (κ3) is 5.17. The number of carbonyl (C=O) groups is 1. The largest absolute Gasteiger partial charge is 0.471 e. The fourth-order valence-corrected chi connectivity index (χ4v) is 2.86. The molecule has 3 heterocycles. The van der Waals surface area contributed by atoms with Crippen molar-refractivity contribution in [3.63, 3.8) is 0 Å². The second kappa shape index (κ2) is 9.10. The molecule has 3 aromatic heterocycles. The number of oxazole rings is 1. The van der Waals surface area contributed by atoms with Crippen LogP contribution in [0.5, 0.6) is 0 Å². The van der Waals surface area contributed by atoms with E-state index in [1.54, 1.807) is 30.3 Å². The minimum atomic E-state index is -4.74. The molecule has 4 aromatic rings. The molecular weight excluding hydrogens is 441 g/mol. The van der Waals surface area contributed by atoms with Crippen LogP contribution in [0.1, 0.15) is 16.2 Å². The van der Waals surface area contributed by atoms with Gasteiger partial charge in [0, 0.05) is 37.5 Å². The molecule has 9 nitrogen and oxygen atoms in total. The molecule has 0 aliphatic carbocycles. The van der Waals surface area contributed by atoms with E-state index in [4.69, 9.17) is 4.42 Å². The first kappa shape index (κ1) is 22.0. The quantitative estimate of drug-likeness (QED) is 0.447. The average Bonchev–Trinajstić information content (AvgIpc) is 3.50. The molecule has 0 radical (unpaired) electrons. The number of halogens is 3. The van der Waals surface area contributed by atoms with E-state index in [9.17, 15) is 18.0 Å². The zero-order valence-electron chi connectivity index (χ0n) is 17.2. The Morgan fingerprint density at radius 3 is 2.73 bits per heavy atom. The molecule has 12 heteroatoms. The minimum absolute atomic E-state index is 0.226. The molecule has 0 saturated heterocycles. The number of amides is 1. The maximum atomic E-state index is 12.7. The number of benzene rings is 1. The summed E-state index contributed by atoms with van der Waals surface area (Å²) in [6.45, 7) is 0.713. The van der Waals surface area contributed by atoms with Crippen molar-refractivity contribution in [1.29, 1.82) is 0 Å².